The minimum atomic E-state index is -0.231. The molecule has 6 heterocycles. The summed E-state index contributed by atoms with van der Waals surface area (Å²) in [5, 5.41) is 6.09. The molecular formula is C29H32N4O5. The molecule has 1 aromatic heterocycles. The molecule has 3 aromatic rings. The zero-order valence-corrected chi connectivity index (χ0v) is 21.4. The number of nitrogens with zero attached hydrogens (tertiary/aromatic N) is 2. The number of aromatic nitrogens is 1. The van der Waals surface area contributed by atoms with Crippen molar-refractivity contribution in [1.82, 2.24) is 20.5 Å². The van der Waals surface area contributed by atoms with Crippen molar-refractivity contribution >= 4 is 11.8 Å². The summed E-state index contributed by atoms with van der Waals surface area (Å²) < 4.78 is 17.5. The Morgan fingerprint density at radius 2 is 1.76 bits per heavy atom. The van der Waals surface area contributed by atoms with Gasteiger partial charge in [0.25, 0.3) is 5.91 Å². The fourth-order valence-electron chi connectivity index (χ4n) is 4.76. The number of benzene rings is 2. The summed E-state index contributed by atoms with van der Waals surface area (Å²) in [6.07, 6.45) is 4.25. The first-order valence-corrected chi connectivity index (χ1v) is 12.8. The van der Waals surface area contributed by atoms with Crippen LogP contribution in [0.1, 0.15) is 23.1 Å². The molecule has 9 nitrogen and oxygen atoms in total. The van der Waals surface area contributed by atoms with Crippen LogP contribution >= 0.6 is 0 Å². The lowest BCUT2D eigenvalue weighted by molar-refractivity contribution is -0.123. The number of hydrogen-bond donors (Lipinski definition) is 2. The first-order valence-electron chi connectivity index (χ1n) is 12.8. The van der Waals surface area contributed by atoms with Gasteiger partial charge in [0.2, 0.25) is 5.91 Å². The molecule has 8 rings (SSSR count). The van der Waals surface area contributed by atoms with Gasteiger partial charge in [-0.2, -0.15) is 0 Å². The molecule has 2 atom stereocenters. The SMILES string of the molecule is COc1cc2ccc1OCC(=O)NCc1ccc(cc1)O[C@H]1CN(Cc3ccncc3)C[C@@H]1NC(=O)CC2. The number of amides is 2. The zero-order valence-electron chi connectivity index (χ0n) is 21.4. The molecule has 2 N–H and O–H groups in total. The van der Waals surface area contributed by atoms with Crippen LogP contribution in [0.15, 0.2) is 67.0 Å². The van der Waals surface area contributed by atoms with Crippen molar-refractivity contribution < 1.29 is 23.8 Å². The highest BCUT2D eigenvalue weighted by Crippen LogP contribution is 2.29. The van der Waals surface area contributed by atoms with E-state index >= 15 is 0 Å². The Balaban J connectivity index is 1.35. The third kappa shape index (κ3) is 6.60. The first-order chi connectivity index (χ1) is 18.6. The molecule has 0 radical (unpaired) electrons. The van der Waals surface area contributed by atoms with Crippen LogP contribution in [0.4, 0.5) is 0 Å². The lowest BCUT2D eigenvalue weighted by atomic mass is 10.1. The predicted molar refractivity (Wildman–Crippen MR) is 141 cm³/mol. The lowest BCUT2D eigenvalue weighted by Crippen LogP contribution is -2.45. The van der Waals surface area contributed by atoms with E-state index in [4.69, 9.17) is 14.2 Å². The molecule has 2 aromatic carbocycles. The molecule has 1 saturated heterocycles. The Kier molecular flexibility index (Phi) is 8.04. The molecule has 38 heavy (non-hydrogen) atoms. The van der Waals surface area contributed by atoms with Gasteiger partial charge in [0.1, 0.15) is 11.9 Å². The van der Waals surface area contributed by atoms with Gasteiger partial charge >= 0.3 is 0 Å². The van der Waals surface area contributed by atoms with Gasteiger partial charge in [-0.25, -0.2) is 0 Å². The van der Waals surface area contributed by atoms with Crippen LogP contribution in [0.3, 0.4) is 0 Å². The Morgan fingerprint density at radius 1 is 0.974 bits per heavy atom. The van der Waals surface area contributed by atoms with Crippen LogP contribution in [-0.2, 0) is 29.1 Å². The fourth-order valence-corrected chi connectivity index (χ4v) is 4.76. The van der Waals surface area contributed by atoms with Gasteiger partial charge in [0.15, 0.2) is 18.1 Å². The quantitative estimate of drug-likeness (QED) is 0.552. The number of hydrogen-bond acceptors (Lipinski definition) is 7. The highest BCUT2D eigenvalue weighted by atomic mass is 16.5. The van der Waals surface area contributed by atoms with Crippen LogP contribution in [-0.4, -0.2) is 60.7 Å². The van der Waals surface area contributed by atoms with E-state index < -0.39 is 0 Å². The molecule has 9 heteroatoms. The monoisotopic (exact) mass is 516 g/mol. The van der Waals surface area contributed by atoms with Crippen LogP contribution in [0, 0.1) is 0 Å². The Morgan fingerprint density at radius 3 is 2.55 bits per heavy atom. The zero-order chi connectivity index (χ0) is 26.3. The van der Waals surface area contributed by atoms with Crippen LogP contribution in [0.2, 0.25) is 0 Å². The number of nitrogens with one attached hydrogen (secondary N) is 2. The minimum Gasteiger partial charge on any atom is -0.493 e. The fraction of sp³-hybridized carbons (Fsp3) is 0.345. The van der Waals surface area contributed by atoms with E-state index in [1.165, 1.54) is 0 Å². The molecular weight excluding hydrogens is 484 g/mol. The van der Waals surface area contributed by atoms with Crippen LogP contribution in [0.5, 0.6) is 17.2 Å². The number of aryl methyl sites for hydroxylation is 1. The van der Waals surface area contributed by atoms with Crippen molar-refractivity contribution in [3.63, 3.8) is 0 Å². The smallest absolute Gasteiger partial charge is 0.258 e. The van der Waals surface area contributed by atoms with E-state index in [1.54, 1.807) is 25.6 Å². The summed E-state index contributed by atoms with van der Waals surface area (Å²) in [7, 11) is 1.55. The van der Waals surface area contributed by atoms with Crippen molar-refractivity contribution in [2.75, 3.05) is 26.8 Å². The number of ether oxygens (including phenoxy) is 3. The van der Waals surface area contributed by atoms with Crippen molar-refractivity contribution in [2.24, 2.45) is 0 Å². The maximum absolute atomic E-state index is 13.0. The van der Waals surface area contributed by atoms with Crippen molar-refractivity contribution in [2.45, 2.75) is 38.1 Å². The number of methoxy groups -OCH3 is 1. The second kappa shape index (κ2) is 12.0. The molecule has 0 saturated carbocycles. The van der Waals surface area contributed by atoms with Gasteiger partial charge in [-0.1, -0.05) is 18.2 Å². The summed E-state index contributed by atoms with van der Waals surface area (Å²) in [6.45, 7) is 2.37. The number of likely N-dealkylation sites (tertiary alicyclic amines) is 1. The largest absolute Gasteiger partial charge is 0.493 e. The Labute approximate surface area is 222 Å². The average molecular weight is 517 g/mol. The minimum absolute atomic E-state index is 0.0323. The van der Waals surface area contributed by atoms with Crippen LogP contribution < -0.4 is 24.8 Å². The third-order valence-electron chi connectivity index (χ3n) is 6.77. The summed E-state index contributed by atoms with van der Waals surface area (Å²) in [5.41, 5.74) is 3.05. The lowest BCUT2D eigenvalue weighted by Gasteiger charge is -2.22. The van der Waals surface area contributed by atoms with E-state index in [0.717, 1.165) is 29.0 Å². The maximum Gasteiger partial charge on any atom is 0.258 e. The van der Waals surface area contributed by atoms with Gasteiger partial charge in [-0.05, 0) is 59.5 Å². The maximum atomic E-state index is 13.0. The molecule has 4 bridgehead atoms. The van der Waals surface area contributed by atoms with E-state index in [-0.39, 0.29) is 30.6 Å². The van der Waals surface area contributed by atoms with Gasteiger partial charge in [0.05, 0.1) is 13.2 Å². The highest BCUT2D eigenvalue weighted by Gasteiger charge is 2.35. The molecule has 0 aliphatic carbocycles. The molecule has 5 aliphatic heterocycles. The van der Waals surface area contributed by atoms with Crippen molar-refractivity contribution in [3.8, 4) is 17.2 Å². The standard InChI is InChI=1S/C29H32N4O5/c1-36-26-14-20-4-8-25(26)37-19-29(35)31-15-21-2-6-23(7-3-21)38-27-18-33(16-22-10-12-30-13-11-22)17-24(27)32-28(34)9-5-20/h2-4,6-8,10-14,24,27H,5,9,15-19H2,1H3,(H,31,35)(H,32,34)/t24-,27-/m0/s1. The van der Waals surface area contributed by atoms with Crippen LogP contribution in [0.25, 0.3) is 0 Å². The van der Waals surface area contributed by atoms with Gasteiger partial charge < -0.3 is 24.8 Å². The van der Waals surface area contributed by atoms with Crippen molar-refractivity contribution in [1.29, 1.82) is 0 Å². The second-order valence-electron chi connectivity index (χ2n) is 9.57. The summed E-state index contributed by atoms with van der Waals surface area (Å²) in [4.78, 5) is 31.7. The summed E-state index contributed by atoms with van der Waals surface area (Å²) >= 11 is 0. The molecule has 0 unspecified atom stereocenters. The average Bonchev–Trinajstić information content (AvgIpc) is 3.30. The predicted octanol–water partition coefficient (Wildman–Crippen LogP) is 2.48. The molecule has 1 fully saturated rings. The molecule has 5 aliphatic rings. The summed E-state index contributed by atoms with van der Waals surface area (Å²) in [6, 6.07) is 17.0. The number of rotatable bonds is 3. The summed E-state index contributed by atoms with van der Waals surface area (Å²) in [5.74, 6) is 1.46. The first kappa shape index (κ1) is 25.5. The van der Waals surface area contributed by atoms with E-state index in [0.29, 0.717) is 44.0 Å². The molecule has 2 amide bonds. The highest BCUT2D eigenvalue weighted by molar-refractivity contribution is 5.78. The topological polar surface area (TPSA) is 102 Å². The normalized spacial score (nSPS) is 20.6. The molecule has 0 spiro atoms. The Hall–Kier alpha value is -4.11. The van der Waals surface area contributed by atoms with E-state index in [2.05, 4.69) is 20.5 Å². The Bertz CT molecular complexity index is 1250. The van der Waals surface area contributed by atoms with Gasteiger partial charge in [-0.15, -0.1) is 0 Å². The van der Waals surface area contributed by atoms with E-state index in [9.17, 15) is 9.59 Å². The second-order valence-corrected chi connectivity index (χ2v) is 9.57. The number of carbonyl (C=O) groups excluding carboxylic acids is 2. The molecule has 198 valence electrons. The number of carbonyl (C=O) groups is 2. The van der Waals surface area contributed by atoms with E-state index in [1.807, 2.05) is 48.5 Å². The third-order valence-corrected chi connectivity index (χ3v) is 6.77. The van der Waals surface area contributed by atoms with Crippen molar-refractivity contribution in [3.05, 3.63) is 83.7 Å². The number of pyridine rings is 1. The van der Waals surface area contributed by atoms with Gasteiger partial charge in [-0.3, -0.25) is 19.5 Å². The van der Waals surface area contributed by atoms with Gasteiger partial charge in [0, 0.05) is 45.0 Å².